The Labute approximate surface area is 105 Å². The van der Waals surface area contributed by atoms with Gasteiger partial charge in [0.15, 0.2) is 0 Å². The number of halogens is 1. The number of rotatable bonds is 2. The number of nitrogens with zero attached hydrogens (tertiary/aromatic N) is 3. The van der Waals surface area contributed by atoms with Crippen LogP contribution in [0.3, 0.4) is 0 Å². The average Bonchev–Trinajstić information content (AvgIpc) is 2.77. The number of aromatic amines is 1. The van der Waals surface area contributed by atoms with E-state index in [2.05, 4.69) is 48.5 Å². The monoisotopic (exact) mass is 329 g/mol. The van der Waals surface area contributed by atoms with Gasteiger partial charge in [-0.25, -0.2) is 0 Å². The standard InChI is InChI=1S/C9H8IN5O/c1-5-2-3-6(4-7(5)10)11-9(16)8-12-14-15-13-8/h2-4H,1H3,(H,11,16)(H,12,13,14,15). The van der Waals surface area contributed by atoms with Crippen molar-refractivity contribution in [3.63, 3.8) is 0 Å². The van der Waals surface area contributed by atoms with E-state index in [1.165, 1.54) is 0 Å². The quantitative estimate of drug-likeness (QED) is 0.815. The van der Waals surface area contributed by atoms with E-state index < -0.39 is 0 Å². The Morgan fingerprint density at radius 3 is 2.94 bits per heavy atom. The van der Waals surface area contributed by atoms with Crippen LogP contribution < -0.4 is 5.32 Å². The van der Waals surface area contributed by atoms with Crippen molar-refractivity contribution in [2.45, 2.75) is 6.92 Å². The molecule has 0 spiro atoms. The number of H-pyrrole nitrogens is 1. The van der Waals surface area contributed by atoms with Gasteiger partial charge in [0.25, 0.3) is 11.7 Å². The highest BCUT2D eigenvalue weighted by molar-refractivity contribution is 14.1. The first-order valence-electron chi connectivity index (χ1n) is 4.48. The summed E-state index contributed by atoms with van der Waals surface area (Å²) in [7, 11) is 0. The topological polar surface area (TPSA) is 83.6 Å². The molecule has 0 aliphatic carbocycles. The molecule has 0 unspecified atom stereocenters. The van der Waals surface area contributed by atoms with E-state index in [1.54, 1.807) is 0 Å². The SMILES string of the molecule is Cc1ccc(NC(=O)c2nn[nH]n2)cc1I. The summed E-state index contributed by atoms with van der Waals surface area (Å²) in [5, 5.41) is 15.4. The molecule has 2 aromatic rings. The van der Waals surface area contributed by atoms with Crippen LogP contribution >= 0.6 is 22.6 Å². The summed E-state index contributed by atoms with van der Waals surface area (Å²) in [4.78, 5) is 11.6. The highest BCUT2D eigenvalue weighted by atomic mass is 127. The number of aryl methyl sites for hydroxylation is 1. The van der Waals surface area contributed by atoms with Crippen molar-refractivity contribution in [2.24, 2.45) is 0 Å². The van der Waals surface area contributed by atoms with E-state index in [1.807, 2.05) is 25.1 Å². The van der Waals surface area contributed by atoms with Gasteiger partial charge >= 0.3 is 0 Å². The van der Waals surface area contributed by atoms with E-state index in [9.17, 15) is 4.79 Å². The van der Waals surface area contributed by atoms with Crippen LogP contribution in [-0.2, 0) is 0 Å². The Morgan fingerprint density at radius 2 is 2.31 bits per heavy atom. The minimum atomic E-state index is -0.381. The zero-order valence-electron chi connectivity index (χ0n) is 8.36. The Morgan fingerprint density at radius 1 is 1.50 bits per heavy atom. The van der Waals surface area contributed by atoms with Crippen LogP contribution in [0.25, 0.3) is 0 Å². The number of aromatic nitrogens is 4. The molecule has 1 aromatic carbocycles. The van der Waals surface area contributed by atoms with Crippen molar-refractivity contribution >= 4 is 34.2 Å². The molecule has 1 amide bonds. The lowest BCUT2D eigenvalue weighted by Crippen LogP contribution is -2.13. The number of carbonyl (C=O) groups is 1. The second-order valence-corrected chi connectivity index (χ2v) is 4.32. The van der Waals surface area contributed by atoms with E-state index in [4.69, 9.17) is 0 Å². The molecule has 0 aliphatic heterocycles. The molecule has 0 aliphatic rings. The minimum absolute atomic E-state index is 0.0237. The van der Waals surface area contributed by atoms with Gasteiger partial charge in [-0.2, -0.15) is 5.21 Å². The fourth-order valence-electron chi connectivity index (χ4n) is 1.12. The van der Waals surface area contributed by atoms with Crippen molar-refractivity contribution in [3.8, 4) is 0 Å². The molecule has 82 valence electrons. The number of hydrogen-bond acceptors (Lipinski definition) is 4. The first-order chi connectivity index (χ1) is 7.66. The smallest absolute Gasteiger partial charge is 0.297 e. The molecule has 0 saturated carbocycles. The molecule has 6 nitrogen and oxygen atoms in total. The van der Waals surface area contributed by atoms with Crippen molar-refractivity contribution in [3.05, 3.63) is 33.2 Å². The molecule has 7 heteroatoms. The summed E-state index contributed by atoms with van der Waals surface area (Å²) in [5.74, 6) is -0.357. The molecule has 2 rings (SSSR count). The lowest BCUT2D eigenvalue weighted by molar-refractivity contribution is 0.101. The molecule has 2 N–H and O–H groups in total. The van der Waals surface area contributed by atoms with Gasteiger partial charge in [-0.05, 0) is 52.4 Å². The number of nitrogens with one attached hydrogen (secondary N) is 2. The van der Waals surface area contributed by atoms with Gasteiger partial charge in [-0.3, -0.25) is 4.79 Å². The Bertz CT molecular complexity index is 511. The Hall–Kier alpha value is -1.51. The minimum Gasteiger partial charge on any atom is -0.319 e. The lowest BCUT2D eigenvalue weighted by atomic mass is 10.2. The summed E-state index contributed by atoms with van der Waals surface area (Å²) in [6.45, 7) is 2.01. The number of hydrogen-bond donors (Lipinski definition) is 2. The number of carbonyl (C=O) groups excluding carboxylic acids is 1. The zero-order chi connectivity index (χ0) is 11.5. The first-order valence-corrected chi connectivity index (χ1v) is 5.55. The lowest BCUT2D eigenvalue weighted by Gasteiger charge is -2.04. The fraction of sp³-hybridized carbons (Fsp3) is 0.111. The second kappa shape index (κ2) is 4.56. The number of amides is 1. The van der Waals surface area contributed by atoms with Gasteiger partial charge < -0.3 is 5.32 Å². The molecule has 0 radical (unpaired) electrons. The highest BCUT2D eigenvalue weighted by Crippen LogP contribution is 2.17. The number of anilines is 1. The van der Waals surface area contributed by atoms with E-state index >= 15 is 0 Å². The number of tetrazole rings is 1. The molecule has 1 heterocycles. The molecule has 0 bridgehead atoms. The van der Waals surface area contributed by atoms with Crippen LogP contribution in [0.1, 0.15) is 16.2 Å². The Balaban J connectivity index is 2.15. The van der Waals surface area contributed by atoms with E-state index in [0.29, 0.717) is 5.69 Å². The second-order valence-electron chi connectivity index (χ2n) is 3.15. The summed E-state index contributed by atoms with van der Waals surface area (Å²) < 4.78 is 1.09. The van der Waals surface area contributed by atoms with Crippen molar-refractivity contribution < 1.29 is 4.79 Å². The van der Waals surface area contributed by atoms with Crippen LogP contribution in [-0.4, -0.2) is 26.5 Å². The number of benzene rings is 1. The van der Waals surface area contributed by atoms with Crippen LogP contribution in [0.5, 0.6) is 0 Å². The molecular formula is C9H8IN5O. The van der Waals surface area contributed by atoms with Gasteiger partial charge in [0, 0.05) is 9.26 Å². The third kappa shape index (κ3) is 2.35. The summed E-state index contributed by atoms with van der Waals surface area (Å²) in [6, 6.07) is 5.65. The average molecular weight is 329 g/mol. The zero-order valence-corrected chi connectivity index (χ0v) is 10.5. The highest BCUT2D eigenvalue weighted by Gasteiger charge is 2.10. The van der Waals surface area contributed by atoms with Crippen molar-refractivity contribution in [1.82, 2.24) is 20.6 Å². The van der Waals surface area contributed by atoms with Gasteiger partial charge in [0.1, 0.15) is 0 Å². The molecule has 0 fully saturated rings. The van der Waals surface area contributed by atoms with Crippen molar-refractivity contribution in [2.75, 3.05) is 5.32 Å². The van der Waals surface area contributed by atoms with Crippen molar-refractivity contribution in [1.29, 1.82) is 0 Å². The van der Waals surface area contributed by atoms with Crippen LogP contribution in [0.4, 0.5) is 5.69 Å². The predicted molar refractivity (Wildman–Crippen MR) is 66.0 cm³/mol. The van der Waals surface area contributed by atoms with Gasteiger partial charge in [0.05, 0.1) is 0 Å². The fourth-order valence-corrected chi connectivity index (χ4v) is 1.63. The predicted octanol–water partition coefficient (Wildman–Crippen LogP) is 1.37. The maximum Gasteiger partial charge on any atom is 0.297 e. The third-order valence-corrected chi connectivity index (χ3v) is 3.14. The maximum absolute atomic E-state index is 11.6. The van der Waals surface area contributed by atoms with Gasteiger partial charge in [-0.15, -0.1) is 10.2 Å². The molecule has 16 heavy (non-hydrogen) atoms. The summed E-state index contributed by atoms with van der Waals surface area (Å²) in [6.07, 6.45) is 0. The summed E-state index contributed by atoms with van der Waals surface area (Å²) in [5.41, 5.74) is 1.88. The molecule has 0 saturated heterocycles. The maximum atomic E-state index is 11.6. The largest absolute Gasteiger partial charge is 0.319 e. The normalized spacial score (nSPS) is 10.1. The van der Waals surface area contributed by atoms with Crippen LogP contribution in [0.15, 0.2) is 18.2 Å². The first kappa shape index (κ1) is 11.0. The van der Waals surface area contributed by atoms with Gasteiger partial charge in [0.2, 0.25) is 0 Å². The van der Waals surface area contributed by atoms with Crippen LogP contribution in [0.2, 0.25) is 0 Å². The molecular weight excluding hydrogens is 321 g/mol. The molecule has 1 aromatic heterocycles. The van der Waals surface area contributed by atoms with E-state index in [0.717, 1.165) is 9.13 Å². The van der Waals surface area contributed by atoms with Crippen LogP contribution in [0, 0.1) is 10.5 Å². The van der Waals surface area contributed by atoms with E-state index in [-0.39, 0.29) is 11.7 Å². The Kier molecular flexibility index (Phi) is 3.13. The van der Waals surface area contributed by atoms with Gasteiger partial charge in [-0.1, -0.05) is 6.07 Å². The summed E-state index contributed by atoms with van der Waals surface area (Å²) >= 11 is 2.21. The third-order valence-electron chi connectivity index (χ3n) is 1.98. The molecule has 0 atom stereocenters.